The van der Waals surface area contributed by atoms with Crippen molar-refractivity contribution in [3.05, 3.63) is 58.9 Å². The number of aromatic nitrogens is 3. The quantitative estimate of drug-likeness (QED) is 0.343. The molecule has 0 amide bonds. The van der Waals surface area contributed by atoms with Crippen LogP contribution in [0.2, 0.25) is 0 Å². The van der Waals surface area contributed by atoms with Crippen molar-refractivity contribution in [1.82, 2.24) is 14.0 Å². The molecule has 0 aliphatic carbocycles. The van der Waals surface area contributed by atoms with Crippen molar-refractivity contribution in [2.45, 2.75) is 39.0 Å². The first-order valence-corrected chi connectivity index (χ1v) is 10.2. The molecular formula is C23H23N3O4. The molecular weight excluding hydrogens is 382 g/mol. The lowest BCUT2D eigenvalue weighted by Crippen LogP contribution is -2.17. The summed E-state index contributed by atoms with van der Waals surface area (Å²) in [7, 11) is 0. The predicted molar refractivity (Wildman–Crippen MR) is 115 cm³/mol. The van der Waals surface area contributed by atoms with Gasteiger partial charge in [-0.15, -0.1) is 0 Å². The van der Waals surface area contributed by atoms with E-state index >= 15 is 0 Å². The Bertz CT molecular complexity index is 1300. The molecule has 2 heterocycles. The minimum Gasteiger partial charge on any atom is -0.466 e. The summed E-state index contributed by atoms with van der Waals surface area (Å²) in [5, 5.41) is 0.518. The van der Waals surface area contributed by atoms with E-state index in [4.69, 9.17) is 4.74 Å². The van der Waals surface area contributed by atoms with Crippen LogP contribution >= 0.6 is 0 Å². The molecule has 0 aliphatic heterocycles. The van der Waals surface area contributed by atoms with E-state index in [0.717, 1.165) is 6.42 Å². The van der Waals surface area contributed by atoms with Gasteiger partial charge >= 0.3 is 5.97 Å². The topological polar surface area (TPSA) is 82.7 Å². The number of carbonyl (C=O) groups is 2. The third kappa shape index (κ3) is 3.58. The zero-order valence-electron chi connectivity index (χ0n) is 16.8. The van der Waals surface area contributed by atoms with E-state index in [2.05, 4.69) is 4.98 Å². The van der Waals surface area contributed by atoms with E-state index in [9.17, 15) is 14.4 Å². The number of fused-ring (bicyclic) bond motifs is 4. The Hall–Kier alpha value is -3.48. The van der Waals surface area contributed by atoms with Crippen molar-refractivity contribution >= 4 is 39.6 Å². The molecule has 4 aromatic rings. The number of rotatable bonds is 7. The van der Waals surface area contributed by atoms with Gasteiger partial charge in [-0.2, -0.15) is 0 Å². The Kier molecular flexibility index (Phi) is 5.61. The molecule has 4 rings (SSSR count). The summed E-state index contributed by atoms with van der Waals surface area (Å²) in [5.74, 6) is 0.00474. The van der Waals surface area contributed by atoms with Crippen LogP contribution in [-0.4, -0.2) is 32.4 Å². The lowest BCUT2D eigenvalue weighted by Gasteiger charge is -2.06. The Labute approximate surface area is 172 Å². The summed E-state index contributed by atoms with van der Waals surface area (Å²) in [6.45, 7) is 2.16. The lowest BCUT2D eigenvalue weighted by molar-refractivity contribution is -0.143. The van der Waals surface area contributed by atoms with Gasteiger partial charge in [0, 0.05) is 12.8 Å². The van der Waals surface area contributed by atoms with Crippen molar-refractivity contribution in [3.63, 3.8) is 0 Å². The number of carbonyl (C=O) groups excluding carboxylic acids is 2. The van der Waals surface area contributed by atoms with Gasteiger partial charge in [0.15, 0.2) is 0 Å². The standard InChI is InChI=1S/C23H23N3O4/c1-2-30-21(28)15-5-3-4-14-20(27)25-18-12-8-9-13-19(18)26-22(29)16-10-6-7-11-17(16)24-23(25)26/h6-13H,2-5,14-15H2,1H3. The SMILES string of the molecule is CCOC(=O)CCCCCC(=O)n1c2ccccc2n2c(=O)c3ccccc3nc12. The molecule has 0 atom stereocenters. The zero-order chi connectivity index (χ0) is 21.1. The largest absolute Gasteiger partial charge is 0.466 e. The molecule has 0 unspecified atom stereocenters. The Morgan fingerprint density at radius 2 is 1.63 bits per heavy atom. The third-order valence-electron chi connectivity index (χ3n) is 5.15. The van der Waals surface area contributed by atoms with Crippen LogP contribution in [0.25, 0.3) is 27.7 Å². The van der Waals surface area contributed by atoms with Crippen molar-refractivity contribution < 1.29 is 14.3 Å². The summed E-state index contributed by atoms with van der Waals surface area (Å²) in [6, 6.07) is 14.5. The maximum absolute atomic E-state index is 13.1. The number of nitrogens with zero attached hydrogens (tertiary/aromatic N) is 3. The van der Waals surface area contributed by atoms with Crippen LogP contribution in [0.5, 0.6) is 0 Å². The molecule has 0 bridgehead atoms. The highest BCUT2D eigenvalue weighted by Crippen LogP contribution is 2.21. The van der Waals surface area contributed by atoms with E-state index in [1.807, 2.05) is 30.3 Å². The maximum atomic E-state index is 13.1. The molecule has 0 spiro atoms. The van der Waals surface area contributed by atoms with Crippen LogP contribution in [0.4, 0.5) is 0 Å². The van der Waals surface area contributed by atoms with Gasteiger partial charge in [0.25, 0.3) is 5.56 Å². The Balaban J connectivity index is 1.65. The molecule has 0 aliphatic rings. The predicted octanol–water partition coefficient (Wildman–Crippen LogP) is 3.96. The summed E-state index contributed by atoms with van der Waals surface area (Å²) in [4.78, 5) is 42.3. The van der Waals surface area contributed by atoms with E-state index in [1.165, 1.54) is 8.97 Å². The molecule has 7 nitrogen and oxygen atoms in total. The smallest absolute Gasteiger partial charge is 0.305 e. The summed E-state index contributed by atoms with van der Waals surface area (Å²) in [6.07, 6.45) is 2.74. The first kappa shape index (κ1) is 19.8. The van der Waals surface area contributed by atoms with Crippen LogP contribution in [0.1, 0.15) is 43.8 Å². The second-order valence-electron chi connectivity index (χ2n) is 7.15. The first-order valence-electron chi connectivity index (χ1n) is 10.2. The Morgan fingerprint density at radius 3 is 2.43 bits per heavy atom. The number of hydrogen-bond acceptors (Lipinski definition) is 5. The van der Waals surface area contributed by atoms with Gasteiger partial charge < -0.3 is 4.74 Å². The number of unbranched alkanes of at least 4 members (excludes halogenated alkanes) is 2. The van der Waals surface area contributed by atoms with E-state index in [-0.39, 0.29) is 17.4 Å². The summed E-state index contributed by atoms with van der Waals surface area (Å²) in [5.41, 5.74) is 1.70. The molecule has 30 heavy (non-hydrogen) atoms. The van der Waals surface area contributed by atoms with Gasteiger partial charge in [-0.1, -0.05) is 30.7 Å². The molecule has 0 N–H and O–H groups in total. The molecule has 7 heteroatoms. The Morgan fingerprint density at radius 1 is 0.933 bits per heavy atom. The van der Waals surface area contributed by atoms with Crippen LogP contribution in [0.15, 0.2) is 53.3 Å². The fourth-order valence-electron chi connectivity index (χ4n) is 3.75. The minimum absolute atomic E-state index is 0.119. The number of para-hydroxylation sites is 3. The summed E-state index contributed by atoms with van der Waals surface area (Å²) < 4.78 is 7.97. The van der Waals surface area contributed by atoms with Crippen LogP contribution < -0.4 is 5.56 Å². The first-order chi connectivity index (χ1) is 14.6. The average molecular weight is 405 g/mol. The van der Waals surface area contributed by atoms with Crippen molar-refractivity contribution in [2.75, 3.05) is 6.61 Å². The second-order valence-corrected chi connectivity index (χ2v) is 7.15. The molecule has 0 saturated carbocycles. The molecule has 0 radical (unpaired) electrons. The number of benzene rings is 2. The highest BCUT2D eigenvalue weighted by Gasteiger charge is 2.19. The van der Waals surface area contributed by atoms with Gasteiger partial charge in [-0.3, -0.25) is 14.4 Å². The van der Waals surface area contributed by atoms with Gasteiger partial charge in [0.05, 0.1) is 28.5 Å². The van der Waals surface area contributed by atoms with Crippen molar-refractivity contribution in [2.24, 2.45) is 0 Å². The average Bonchev–Trinajstić information content (AvgIpc) is 3.08. The molecule has 2 aromatic carbocycles. The maximum Gasteiger partial charge on any atom is 0.305 e. The molecule has 0 fully saturated rings. The second kappa shape index (κ2) is 8.49. The van der Waals surface area contributed by atoms with E-state index in [1.54, 1.807) is 25.1 Å². The molecule has 154 valence electrons. The number of ether oxygens (including phenoxy) is 1. The van der Waals surface area contributed by atoms with Gasteiger partial charge in [-0.05, 0) is 44.0 Å². The fourth-order valence-corrected chi connectivity index (χ4v) is 3.75. The lowest BCUT2D eigenvalue weighted by atomic mass is 10.1. The van der Waals surface area contributed by atoms with Crippen molar-refractivity contribution in [1.29, 1.82) is 0 Å². The normalized spacial score (nSPS) is 11.4. The van der Waals surface area contributed by atoms with E-state index < -0.39 is 0 Å². The molecule has 0 saturated heterocycles. The molecule has 2 aromatic heterocycles. The number of esters is 1. The van der Waals surface area contributed by atoms with Gasteiger partial charge in [0.1, 0.15) is 0 Å². The minimum atomic E-state index is -0.207. The third-order valence-corrected chi connectivity index (χ3v) is 5.15. The van der Waals surface area contributed by atoms with Crippen molar-refractivity contribution in [3.8, 4) is 0 Å². The fraction of sp³-hybridized carbons (Fsp3) is 0.304. The number of hydrogen-bond donors (Lipinski definition) is 0. The van der Waals surface area contributed by atoms with Gasteiger partial charge in [-0.25, -0.2) is 14.0 Å². The van der Waals surface area contributed by atoms with Gasteiger partial charge in [0.2, 0.25) is 11.7 Å². The number of imidazole rings is 1. The van der Waals surface area contributed by atoms with Crippen LogP contribution in [0, 0.1) is 0 Å². The van der Waals surface area contributed by atoms with E-state index in [0.29, 0.717) is 60.0 Å². The monoisotopic (exact) mass is 405 g/mol. The highest BCUT2D eigenvalue weighted by atomic mass is 16.5. The van der Waals surface area contributed by atoms with Crippen LogP contribution in [-0.2, 0) is 9.53 Å². The van der Waals surface area contributed by atoms with Crippen LogP contribution in [0.3, 0.4) is 0 Å². The highest BCUT2D eigenvalue weighted by molar-refractivity contribution is 5.96. The zero-order valence-corrected chi connectivity index (χ0v) is 16.8. The summed E-state index contributed by atoms with van der Waals surface area (Å²) >= 11 is 0.